The molecule has 0 bridgehead atoms. The normalized spacial score (nSPS) is 11.6. The molecule has 2 heterocycles. The van der Waals surface area contributed by atoms with Crippen LogP contribution in [0.5, 0.6) is 0 Å². The third kappa shape index (κ3) is 4.90. The summed E-state index contributed by atoms with van der Waals surface area (Å²) in [7, 11) is 0. The summed E-state index contributed by atoms with van der Waals surface area (Å²) in [6.07, 6.45) is 2.46. The molecule has 156 valence electrons. The van der Waals surface area contributed by atoms with Gasteiger partial charge < -0.3 is 15.6 Å². The summed E-state index contributed by atoms with van der Waals surface area (Å²) in [6, 6.07) is 20.2. The Hall–Kier alpha value is -3.71. The van der Waals surface area contributed by atoms with E-state index in [0.29, 0.717) is 28.4 Å². The second-order valence-electron chi connectivity index (χ2n) is 6.99. The number of aromatic nitrogens is 2. The van der Waals surface area contributed by atoms with Crippen molar-refractivity contribution in [2.75, 3.05) is 5.32 Å². The molecule has 1 unspecified atom stereocenters. The zero-order valence-electron chi connectivity index (χ0n) is 17.0. The number of aromatic amines is 1. The van der Waals surface area contributed by atoms with Crippen LogP contribution >= 0.6 is 11.3 Å². The predicted molar refractivity (Wildman–Crippen MR) is 123 cm³/mol. The van der Waals surface area contributed by atoms with E-state index in [1.54, 1.807) is 36.5 Å². The highest BCUT2D eigenvalue weighted by molar-refractivity contribution is 7.12. The molecule has 0 aliphatic heterocycles. The largest absolute Gasteiger partial charge is 0.342 e. The average Bonchev–Trinajstić information content (AvgIpc) is 3.51. The minimum Gasteiger partial charge on any atom is -0.342 e. The van der Waals surface area contributed by atoms with Crippen molar-refractivity contribution in [2.45, 2.75) is 19.4 Å². The van der Waals surface area contributed by atoms with E-state index in [9.17, 15) is 9.59 Å². The molecule has 0 saturated heterocycles. The fourth-order valence-electron chi connectivity index (χ4n) is 3.22. The number of benzene rings is 2. The lowest BCUT2D eigenvalue weighted by molar-refractivity contribution is 0.0932. The minimum atomic E-state index is -0.255. The third-order valence-corrected chi connectivity index (χ3v) is 5.72. The lowest BCUT2D eigenvalue weighted by Gasteiger charge is -2.15. The Bertz CT molecular complexity index is 1170. The molecule has 4 aromatic rings. The maximum absolute atomic E-state index is 12.9. The maximum Gasteiger partial charge on any atom is 0.265 e. The van der Waals surface area contributed by atoms with Crippen molar-refractivity contribution in [3.63, 3.8) is 0 Å². The van der Waals surface area contributed by atoms with Crippen LogP contribution in [0.4, 0.5) is 5.69 Å². The number of H-pyrrole nitrogens is 1. The predicted octanol–water partition coefficient (Wildman–Crippen LogP) is 5.27. The number of hydrogen-bond acceptors (Lipinski definition) is 4. The molecule has 0 aliphatic carbocycles. The van der Waals surface area contributed by atoms with Crippen molar-refractivity contribution >= 4 is 28.8 Å². The number of amides is 2. The number of rotatable bonds is 7. The van der Waals surface area contributed by atoms with Crippen molar-refractivity contribution in [1.82, 2.24) is 15.3 Å². The summed E-state index contributed by atoms with van der Waals surface area (Å²) in [5, 5.41) is 7.71. The molecule has 2 aromatic carbocycles. The number of nitrogens with zero attached hydrogens (tertiary/aromatic N) is 1. The van der Waals surface area contributed by atoms with Gasteiger partial charge in [0.1, 0.15) is 5.82 Å². The third-order valence-electron chi connectivity index (χ3n) is 4.85. The molecule has 6 nitrogen and oxygen atoms in total. The van der Waals surface area contributed by atoms with Crippen molar-refractivity contribution in [3.05, 3.63) is 94.6 Å². The van der Waals surface area contributed by atoms with Gasteiger partial charge in [0.25, 0.3) is 11.8 Å². The van der Waals surface area contributed by atoms with Crippen molar-refractivity contribution in [3.8, 4) is 11.3 Å². The molecule has 3 N–H and O–H groups in total. The first-order valence-corrected chi connectivity index (χ1v) is 10.9. The van der Waals surface area contributed by atoms with E-state index >= 15 is 0 Å². The van der Waals surface area contributed by atoms with Gasteiger partial charge in [0, 0.05) is 11.3 Å². The van der Waals surface area contributed by atoms with Crippen LogP contribution in [0.3, 0.4) is 0 Å². The van der Waals surface area contributed by atoms with Crippen molar-refractivity contribution in [1.29, 1.82) is 0 Å². The van der Waals surface area contributed by atoms with Crippen LogP contribution in [0.1, 0.15) is 45.2 Å². The summed E-state index contributed by atoms with van der Waals surface area (Å²) in [4.78, 5) is 33.5. The van der Waals surface area contributed by atoms with Gasteiger partial charge in [-0.15, -0.1) is 11.3 Å². The zero-order valence-corrected chi connectivity index (χ0v) is 17.8. The Labute approximate surface area is 184 Å². The van der Waals surface area contributed by atoms with E-state index < -0.39 is 0 Å². The Morgan fingerprint density at radius 3 is 2.61 bits per heavy atom. The molecule has 2 aromatic heterocycles. The van der Waals surface area contributed by atoms with Crippen LogP contribution in [0.2, 0.25) is 0 Å². The summed E-state index contributed by atoms with van der Waals surface area (Å²) >= 11 is 1.37. The fraction of sp³-hybridized carbons (Fsp3) is 0.125. The summed E-state index contributed by atoms with van der Waals surface area (Å²) in [6.45, 7) is 1.99. The van der Waals surface area contributed by atoms with Crippen LogP contribution in [0.25, 0.3) is 11.3 Å². The van der Waals surface area contributed by atoms with Gasteiger partial charge in [-0.3, -0.25) is 9.59 Å². The van der Waals surface area contributed by atoms with E-state index in [1.165, 1.54) is 11.3 Å². The van der Waals surface area contributed by atoms with E-state index in [4.69, 9.17) is 0 Å². The van der Waals surface area contributed by atoms with Crippen molar-refractivity contribution in [2.24, 2.45) is 0 Å². The molecule has 1 atom stereocenters. The van der Waals surface area contributed by atoms with Gasteiger partial charge in [-0.05, 0) is 41.6 Å². The Morgan fingerprint density at radius 1 is 1.03 bits per heavy atom. The SMILES string of the molecule is CCC(NC(=O)c1cccc(NC(=O)c2cccs2)c1)c1ncc(-c2ccccc2)[nH]1. The van der Waals surface area contributed by atoms with Gasteiger partial charge in [0.05, 0.1) is 22.8 Å². The molecule has 0 fully saturated rings. The highest BCUT2D eigenvalue weighted by Crippen LogP contribution is 2.21. The van der Waals surface area contributed by atoms with E-state index in [0.717, 1.165) is 11.3 Å². The van der Waals surface area contributed by atoms with Gasteiger partial charge in [-0.1, -0.05) is 49.4 Å². The smallest absolute Gasteiger partial charge is 0.265 e. The van der Waals surface area contributed by atoms with Crippen LogP contribution in [0.15, 0.2) is 78.3 Å². The summed E-state index contributed by atoms with van der Waals surface area (Å²) in [5.41, 5.74) is 2.99. The van der Waals surface area contributed by atoms with E-state index in [2.05, 4.69) is 20.6 Å². The molecule has 2 amide bonds. The van der Waals surface area contributed by atoms with Crippen LogP contribution < -0.4 is 10.6 Å². The summed E-state index contributed by atoms with van der Waals surface area (Å²) < 4.78 is 0. The average molecular weight is 431 g/mol. The molecule has 0 saturated carbocycles. The number of imidazole rings is 1. The molecular formula is C24H22N4O2S. The van der Waals surface area contributed by atoms with Crippen LogP contribution in [-0.4, -0.2) is 21.8 Å². The number of anilines is 1. The zero-order chi connectivity index (χ0) is 21.6. The number of thiophene rings is 1. The van der Waals surface area contributed by atoms with Gasteiger partial charge in [-0.25, -0.2) is 4.98 Å². The maximum atomic E-state index is 12.9. The molecule has 31 heavy (non-hydrogen) atoms. The standard InChI is InChI=1S/C24H22N4O2S/c1-2-19(22-25-15-20(27-22)16-8-4-3-5-9-16)28-23(29)17-10-6-11-18(14-17)26-24(30)21-12-7-13-31-21/h3-15,19H,2H2,1H3,(H,25,27)(H,26,30)(H,28,29). The quantitative estimate of drug-likeness (QED) is 0.373. The van der Waals surface area contributed by atoms with E-state index in [1.807, 2.05) is 48.7 Å². The van der Waals surface area contributed by atoms with E-state index in [-0.39, 0.29) is 17.9 Å². The molecule has 0 aliphatic rings. The minimum absolute atomic E-state index is 0.192. The first kappa shape index (κ1) is 20.6. The van der Waals surface area contributed by atoms with Gasteiger partial charge in [0.15, 0.2) is 0 Å². The lowest BCUT2D eigenvalue weighted by Crippen LogP contribution is -2.29. The fourth-order valence-corrected chi connectivity index (χ4v) is 3.84. The monoisotopic (exact) mass is 430 g/mol. The van der Waals surface area contributed by atoms with Crippen LogP contribution in [-0.2, 0) is 0 Å². The highest BCUT2D eigenvalue weighted by atomic mass is 32.1. The number of nitrogens with one attached hydrogen (secondary N) is 3. The van der Waals surface area contributed by atoms with Gasteiger partial charge >= 0.3 is 0 Å². The Morgan fingerprint density at radius 2 is 1.87 bits per heavy atom. The Kier molecular flexibility index (Phi) is 6.24. The molecule has 7 heteroatoms. The number of carbonyl (C=O) groups excluding carboxylic acids is 2. The number of carbonyl (C=O) groups is 2. The topological polar surface area (TPSA) is 86.9 Å². The molecule has 0 spiro atoms. The first-order chi connectivity index (χ1) is 15.1. The van der Waals surface area contributed by atoms with Gasteiger partial charge in [-0.2, -0.15) is 0 Å². The number of hydrogen-bond donors (Lipinski definition) is 3. The first-order valence-electron chi connectivity index (χ1n) is 10.00. The summed E-state index contributed by atoms with van der Waals surface area (Å²) in [5.74, 6) is 0.289. The molecular weight excluding hydrogens is 408 g/mol. The van der Waals surface area contributed by atoms with Crippen LogP contribution in [0, 0.1) is 0 Å². The lowest BCUT2D eigenvalue weighted by atomic mass is 10.1. The highest BCUT2D eigenvalue weighted by Gasteiger charge is 2.18. The van der Waals surface area contributed by atoms with Gasteiger partial charge in [0.2, 0.25) is 0 Å². The second-order valence-corrected chi connectivity index (χ2v) is 7.94. The second kappa shape index (κ2) is 9.40. The Balaban J connectivity index is 1.46. The van der Waals surface area contributed by atoms with Crippen molar-refractivity contribution < 1.29 is 9.59 Å². The molecule has 0 radical (unpaired) electrons. The molecule has 4 rings (SSSR count).